The third-order valence-electron chi connectivity index (χ3n) is 6.15. The number of esters is 1. The fourth-order valence-corrected chi connectivity index (χ4v) is 3.57. The van der Waals surface area contributed by atoms with Crippen LogP contribution >= 0.6 is 0 Å². The van der Waals surface area contributed by atoms with E-state index >= 15 is 0 Å². The van der Waals surface area contributed by atoms with E-state index in [-0.39, 0.29) is 29.7 Å². The predicted molar refractivity (Wildman–Crippen MR) is 116 cm³/mol. The molecule has 0 aromatic heterocycles. The number of carbonyl (C=O) groups excluding carboxylic acids is 1. The van der Waals surface area contributed by atoms with Crippen LogP contribution in [0.15, 0.2) is 24.7 Å². The summed E-state index contributed by atoms with van der Waals surface area (Å²) in [6, 6.07) is 0. The molecule has 0 bridgehead atoms. The number of rotatable bonds is 10. The predicted octanol–water partition coefficient (Wildman–Crippen LogP) is 6.00. The molecule has 0 saturated carbocycles. The third-order valence-corrected chi connectivity index (χ3v) is 6.15. The third kappa shape index (κ3) is 7.36. The molecule has 168 valence electrons. The fraction of sp³-hybridized carbons (Fsp3) is 0.792. The molecular weight excluding hydrogens is 368 g/mol. The van der Waals surface area contributed by atoms with Crippen LogP contribution < -0.4 is 0 Å². The summed E-state index contributed by atoms with van der Waals surface area (Å²) in [7, 11) is 0. The van der Waals surface area contributed by atoms with E-state index in [1.807, 2.05) is 6.92 Å². The van der Waals surface area contributed by atoms with Gasteiger partial charge in [0, 0.05) is 19.3 Å². The van der Waals surface area contributed by atoms with E-state index in [4.69, 9.17) is 18.9 Å². The van der Waals surface area contributed by atoms with Gasteiger partial charge in [-0.3, -0.25) is 4.79 Å². The Kier molecular flexibility index (Phi) is 9.26. The van der Waals surface area contributed by atoms with Crippen molar-refractivity contribution in [2.75, 3.05) is 19.8 Å². The highest BCUT2D eigenvalue weighted by atomic mass is 16.7. The van der Waals surface area contributed by atoms with Gasteiger partial charge in [0.25, 0.3) is 0 Å². The van der Waals surface area contributed by atoms with Crippen molar-refractivity contribution in [1.29, 1.82) is 0 Å². The number of hydrogen-bond acceptors (Lipinski definition) is 5. The van der Waals surface area contributed by atoms with Crippen LogP contribution in [0, 0.1) is 16.2 Å². The van der Waals surface area contributed by atoms with Gasteiger partial charge in [-0.1, -0.05) is 54.7 Å². The Balaban J connectivity index is 2.33. The molecule has 1 saturated heterocycles. The Morgan fingerprint density at radius 3 is 1.97 bits per heavy atom. The van der Waals surface area contributed by atoms with Crippen LogP contribution in [-0.4, -0.2) is 32.1 Å². The van der Waals surface area contributed by atoms with E-state index in [0.29, 0.717) is 31.0 Å². The molecule has 0 aliphatic carbocycles. The lowest BCUT2D eigenvalue weighted by Gasteiger charge is -2.48. The zero-order chi connectivity index (χ0) is 22.3. The van der Waals surface area contributed by atoms with Crippen molar-refractivity contribution in [3.63, 3.8) is 0 Å². The zero-order valence-corrected chi connectivity index (χ0v) is 19.7. The van der Waals surface area contributed by atoms with E-state index in [9.17, 15) is 4.79 Å². The average molecular weight is 411 g/mol. The van der Waals surface area contributed by atoms with Crippen LogP contribution in [0.25, 0.3) is 0 Å². The summed E-state index contributed by atoms with van der Waals surface area (Å²) >= 11 is 0. The van der Waals surface area contributed by atoms with Crippen LogP contribution in [0.5, 0.6) is 0 Å². The van der Waals surface area contributed by atoms with Crippen molar-refractivity contribution < 1.29 is 23.7 Å². The Labute approximate surface area is 177 Å². The second kappa shape index (κ2) is 10.5. The largest absolute Gasteiger partial charge is 0.498 e. The van der Waals surface area contributed by atoms with Crippen molar-refractivity contribution in [2.24, 2.45) is 16.2 Å². The molecule has 1 heterocycles. The second-order valence-electron chi connectivity index (χ2n) is 10.1. The molecule has 1 aliphatic rings. The highest BCUT2D eigenvalue weighted by Crippen LogP contribution is 2.52. The maximum Gasteiger partial charge on any atom is 0.312 e. The molecule has 0 spiro atoms. The monoisotopic (exact) mass is 410 g/mol. The molecule has 1 fully saturated rings. The molecule has 1 atom stereocenters. The summed E-state index contributed by atoms with van der Waals surface area (Å²) in [5, 5.41) is 0. The van der Waals surface area contributed by atoms with Crippen molar-refractivity contribution >= 4 is 5.97 Å². The lowest BCUT2D eigenvalue weighted by Crippen LogP contribution is -2.50. The summed E-state index contributed by atoms with van der Waals surface area (Å²) in [4.78, 5) is 12.9. The normalized spacial score (nSPS) is 18.1. The van der Waals surface area contributed by atoms with Crippen LogP contribution in [0.3, 0.4) is 0 Å². The molecule has 5 nitrogen and oxygen atoms in total. The molecule has 5 heteroatoms. The maximum atomic E-state index is 12.9. The van der Waals surface area contributed by atoms with Crippen LogP contribution in [0.1, 0.15) is 80.6 Å². The van der Waals surface area contributed by atoms with E-state index < -0.39 is 5.41 Å². The molecule has 0 aromatic carbocycles. The standard InChI is InChI=1S/C24H42O5/c1-18(26-16-14-19(2)29-20-12-10-11-15-27-20)13-17-28-21(25)24(9,22(3,4)5)23(6,7)8/h20H,1-2,10-17H2,3-9H3. The lowest BCUT2D eigenvalue weighted by molar-refractivity contribution is -0.172. The molecule has 1 unspecified atom stereocenters. The smallest absolute Gasteiger partial charge is 0.312 e. The molecule has 0 aromatic rings. The molecule has 29 heavy (non-hydrogen) atoms. The van der Waals surface area contributed by atoms with Gasteiger partial charge in [0.15, 0.2) is 6.29 Å². The van der Waals surface area contributed by atoms with Gasteiger partial charge in [0.1, 0.15) is 0 Å². The molecular formula is C24H42O5. The van der Waals surface area contributed by atoms with Crippen molar-refractivity contribution in [1.82, 2.24) is 0 Å². The van der Waals surface area contributed by atoms with Gasteiger partial charge in [-0.15, -0.1) is 0 Å². The Morgan fingerprint density at radius 1 is 0.897 bits per heavy atom. The first kappa shape index (κ1) is 25.5. The van der Waals surface area contributed by atoms with Gasteiger partial charge in [0.2, 0.25) is 0 Å². The van der Waals surface area contributed by atoms with Crippen molar-refractivity contribution in [3.8, 4) is 0 Å². The first-order chi connectivity index (χ1) is 13.3. The summed E-state index contributed by atoms with van der Waals surface area (Å²) in [5.74, 6) is 1.06. The van der Waals surface area contributed by atoms with Gasteiger partial charge in [-0.05, 0) is 30.6 Å². The van der Waals surface area contributed by atoms with Crippen LogP contribution in [0.4, 0.5) is 0 Å². The topological polar surface area (TPSA) is 54.0 Å². The number of hydrogen-bond donors (Lipinski definition) is 0. The molecule has 0 N–H and O–H groups in total. The molecule has 0 amide bonds. The molecule has 1 rings (SSSR count). The second-order valence-corrected chi connectivity index (χ2v) is 10.1. The van der Waals surface area contributed by atoms with Gasteiger partial charge in [0.05, 0.1) is 36.8 Å². The minimum Gasteiger partial charge on any atom is -0.498 e. The quantitative estimate of drug-likeness (QED) is 0.327. The Bertz CT molecular complexity index is 545. The minimum atomic E-state index is -0.613. The van der Waals surface area contributed by atoms with Crippen LogP contribution in [-0.2, 0) is 23.7 Å². The fourth-order valence-electron chi connectivity index (χ4n) is 3.57. The first-order valence-corrected chi connectivity index (χ1v) is 10.7. The SMILES string of the molecule is C=C(CCOC(=O)C(C)(C(C)(C)C)C(C)(C)C)OCCC(=C)OC1CCCCO1. The summed E-state index contributed by atoms with van der Waals surface area (Å²) in [6.07, 6.45) is 3.97. The van der Waals surface area contributed by atoms with Crippen LogP contribution in [0.2, 0.25) is 0 Å². The van der Waals surface area contributed by atoms with E-state index in [1.54, 1.807) is 0 Å². The van der Waals surface area contributed by atoms with Gasteiger partial charge < -0.3 is 18.9 Å². The highest BCUT2D eigenvalue weighted by Gasteiger charge is 2.53. The summed E-state index contributed by atoms with van der Waals surface area (Å²) in [6.45, 7) is 23.7. The maximum absolute atomic E-state index is 12.9. The number of carbonyl (C=O) groups is 1. The van der Waals surface area contributed by atoms with Gasteiger partial charge in [-0.25, -0.2) is 0 Å². The van der Waals surface area contributed by atoms with E-state index in [2.05, 4.69) is 54.7 Å². The summed E-state index contributed by atoms with van der Waals surface area (Å²) in [5.41, 5.74) is -1.06. The highest BCUT2D eigenvalue weighted by molar-refractivity contribution is 5.78. The van der Waals surface area contributed by atoms with Gasteiger partial charge in [-0.2, -0.15) is 0 Å². The zero-order valence-electron chi connectivity index (χ0n) is 19.7. The lowest BCUT2D eigenvalue weighted by atomic mass is 9.55. The molecule has 1 aliphatic heterocycles. The first-order valence-electron chi connectivity index (χ1n) is 10.7. The minimum absolute atomic E-state index is 0.181. The van der Waals surface area contributed by atoms with Gasteiger partial charge >= 0.3 is 5.97 Å². The van der Waals surface area contributed by atoms with Crippen molar-refractivity contribution in [2.45, 2.75) is 86.9 Å². The van der Waals surface area contributed by atoms with Crippen molar-refractivity contribution in [3.05, 3.63) is 24.7 Å². The van der Waals surface area contributed by atoms with E-state index in [1.165, 1.54) is 0 Å². The van der Waals surface area contributed by atoms with E-state index in [0.717, 1.165) is 25.9 Å². The Hall–Kier alpha value is -1.49. The number of ether oxygens (including phenoxy) is 4. The average Bonchev–Trinajstić information content (AvgIpc) is 2.59. The Morgan fingerprint density at radius 2 is 1.45 bits per heavy atom. The summed E-state index contributed by atoms with van der Waals surface area (Å²) < 4.78 is 22.5. The molecule has 0 radical (unpaired) electrons.